The number of halogens is 1. The van der Waals surface area contributed by atoms with E-state index in [1.165, 1.54) is 0 Å². The van der Waals surface area contributed by atoms with E-state index in [1.54, 1.807) is 11.3 Å². The Labute approximate surface area is 126 Å². The third kappa shape index (κ3) is 3.55. The number of benzene rings is 1. The predicted octanol–water partition coefficient (Wildman–Crippen LogP) is 3.87. The smallest absolute Gasteiger partial charge is 0.0898 e. The topological polar surface area (TPSA) is 42.2 Å². The van der Waals surface area contributed by atoms with Crippen LogP contribution in [0.5, 0.6) is 0 Å². The Morgan fingerprint density at radius 3 is 2.74 bits per heavy atom. The number of anilines is 1. The van der Waals surface area contributed by atoms with Gasteiger partial charge in [0.15, 0.2) is 0 Å². The van der Waals surface area contributed by atoms with Gasteiger partial charge in [0.05, 0.1) is 22.9 Å². The average molecular weight is 340 g/mol. The summed E-state index contributed by atoms with van der Waals surface area (Å²) in [5.41, 5.74) is 9.28. The molecule has 0 aliphatic carbocycles. The van der Waals surface area contributed by atoms with Crippen molar-refractivity contribution < 1.29 is 0 Å². The second-order valence-electron chi connectivity index (χ2n) is 4.71. The highest BCUT2D eigenvalue weighted by molar-refractivity contribution is 9.10. The van der Waals surface area contributed by atoms with Gasteiger partial charge >= 0.3 is 0 Å². The summed E-state index contributed by atoms with van der Waals surface area (Å²) in [7, 11) is 2.07. The van der Waals surface area contributed by atoms with Crippen LogP contribution in [-0.2, 0) is 6.54 Å². The molecule has 0 aliphatic rings. The molecule has 2 rings (SSSR count). The van der Waals surface area contributed by atoms with Crippen LogP contribution in [0.25, 0.3) is 0 Å². The van der Waals surface area contributed by atoms with Gasteiger partial charge in [0.25, 0.3) is 0 Å². The third-order valence-corrected chi connectivity index (χ3v) is 4.43. The Hall–Kier alpha value is -0.910. The van der Waals surface area contributed by atoms with Crippen LogP contribution >= 0.6 is 27.3 Å². The SMILES string of the molecule is Cc1nc(CN(C)c2ccc([C@@H](C)N)cc2Br)cs1. The molecular weight excluding hydrogens is 322 g/mol. The Bertz CT molecular complexity index is 566. The lowest BCUT2D eigenvalue weighted by Gasteiger charge is -2.20. The maximum absolute atomic E-state index is 5.89. The Morgan fingerprint density at radius 1 is 1.47 bits per heavy atom. The number of thiazole rings is 1. The van der Waals surface area contributed by atoms with Crippen LogP contribution in [0.4, 0.5) is 5.69 Å². The minimum Gasteiger partial charge on any atom is -0.368 e. The first kappa shape index (κ1) is 14.5. The van der Waals surface area contributed by atoms with Gasteiger partial charge in [0.2, 0.25) is 0 Å². The number of nitrogens with zero attached hydrogens (tertiary/aromatic N) is 2. The zero-order valence-corrected chi connectivity index (χ0v) is 13.8. The number of nitrogens with two attached hydrogens (primary N) is 1. The molecule has 1 atom stereocenters. The molecule has 0 saturated heterocycles. The lowest BCUT2D eigenvalue weighted by Crippen LogP contribution is -2.17. The van der Waals surface area contributed by atoms with Gasteiger partial charge in [-0.15, -0.1) is 11.3 Å². The van der Waals surface area contributed by atoms with Gasteiger partial charge in [-0.25, -0.2) is 4.98 Å². The summed E-state index contributed by atoms with van der Waals surface area (Å²) in [6, 6.07) is 6.31. The second-order valence-corrected chi connectivity index (χ2v) is 6.63. The minimum absolute atomic E-state index is 0.0526. The molecule has 0 amide bonds. The minimum atomic E-state index is 0.0526. The fourth-order valence-corrected chi connectivity index (χ4v) is 3.23. The van der Waals surface area contributed by atoms with Crippen LogP contribution in [0, 0.1) is 6.92 Å². The molecule has 0 spiro atoms. The predicted molar refractivity (Wildman–Crippen MR) is 85.7 cm³/mol. The third-order valence-electron chi connectivity index (χ3n) is 2.97. The largest absolute Gasteiger partial charge is 0.368 e. The molecule has 3 nitrogen and oxygen atoms in total. The summed E-state index contributed by atoms with van der Waals surface area (Å²) in [5, 5.41) is 3.21. The fourth-order valence-electron chi connectivity index (χ4n) is 1.92. The molecular formula is C14H18BrN3S. The monoisotopic (exact) mass is 339 g/mol. The van der Waals surface area contributed by atoms with Crippen molar-refractivity contribution in [1.82, 2.24) is 4.98 Å². The molecule has 0 bridgehead atoms. The van der Waals surface area contributed by atoms with E-state index in [4.69, 9.17) is 5.73 Å². The van der Waals surface area contributed by atoms with E-state index in [9.17, 15) is 0 Å². The molecule has 2 N–H and O–H groups in total. The zero-order valence-electron chi connectivity index (χ0n) is 11.4. The number of hydrogen-bond acceptors (Lipinski definition) is 4. The van der Waals surface area contributed by atoms with Crippen LogP contribution in [0.15, 0.2) is 28.1 Å². The van der Waals surface area contributed by atoms with Crippen LogP contribution in [0.3, 0.4) is 0 Å². The summed E-state index contributed by atoms with van der Waals surface area (Å²) in [6.07, 6.45) is 0. The zero-order chi connectivity index (χ0) is 14.0. The van der Waals surface area contributed by atoms with Crippen LogP contribution < -0.4 is 10.6 Å². The number of aryl methyl sites for hydroxylation is 1. The number of hydrogen-bond donors (Lipinski definition) is 1. The van der Waals surface area contributed by atoms with E-state index in [2.05, 4.69) is 56.4 Å². The van der Waals surface area contributed by atoms with Crippen molar-refractivity contribution in [2.75, 3.05) is 11.9 Å². The van der Waals surface area contributed by atoms with Crippen molar-refractivity contribution in [1.29, 1.82) is 0 Å². The summed E-state index contributed by atoms with van der Waals surface area (Å²) < 4.78 is 1.07. The van der Waals surface area contributed by atoms with Crippen molar-refractivity contribution >= 4 is 33.0 Å². The van der Waals surface area contributed by atoms with Gasteiger partial charge in [-0.05, 0) is 47.5 Å². The van der Waals surface area contributed by atoms with Crippen molar-refractivity contribution in [3.05, 3.63) is 44.3 Å². The van der Waals surface area contributed by atoms with Gasteiger partial charge in [0, 0.05) is 22.9 Å². The first-order chi connectivity index (χ1) is 8.97. The van der Waals surface area contributed by atoms with Gasteiger partial charge in [-0.3, -0.25) is 0 Å². The van der Waals surface area contributed by atoms with Crippen molar-refractivity contribution in [3.63, 3.8) is 0 Å². The fraction of sp³-hybridized carbons (Fsp3) is 0.357. The molecule has 0 unspecified atom stereocenters. The first-order valence-electron chi connectivity index (χ1n) is 6.14. The summed E-state index contributed by atoms with van der Waals surface area (Å²) in [5.74, 6) is 0. The Kier molecular flexibility index (Phi) is 4.60. The van der Waals surface area contributed by atoms with E-state index >= 15 is 0 Å². The van der Waals surface area contributed by atoms with E-state index in [-0.39, 0.29) is 6.04 Å². The first-order valence-corrected chi connectivity index (χ1v) is 7.82. The van der Waals surface area contributed by atoms with Crippen LogP contribution in [0.2, 0.25) is 0 Å². The summed E-state index contributed by atoms with van der Waals surface area (Å²) >= 11 is 5.31. The van der Waals surface area contributed by atoms with E-state index in [0.717, 1.165) is 33.0 Å². The molecule has 0 radical (unpaired) electrons. The van der Waals surface area contributed by atoms with Gasteiger partial charge in [-0.1, -0.05) is 6.07 Å². The van der Waals surface area contributed by atoms with Gasteiger partial charge in [-0.2, -0.15) is 0 Å². The lowest BCUT2D eigenvalue weighted by molar-refractivity contribution is 0.815. The number of aromatic nitrogens is 1. The standard InChI is InChI=1S/C14H18BrN3S/c1-9(16)11-4-5-14(13(15)6-11)18(3)7-12-8-19-10(2)17-12/h4-6,8-9H,7,16H2,1-3H3/t9-/m1/s1. The Balaban J connectivity index is 2.17. The molecule has 1 aromatic heterocycles. The molecule has 102 valence electrons. The summed E-state index contributed by atoms with van der Waals surface area (Å²) in [6.45, 7) is 4.82. The lowest BCUT2D eigenvalue weighted by atomic mass is 10.1. The highest BCUT2D eigenvalue weighted by Gasteiger charge is 2.10. The molecule has 19 heavy (non-hydrogen) atoms. The van der Waals surface area contributed by atoms with E-state index in [0.29, 0.717) is 0 Å². The maximum Gasteiger partial charge on any atom is 0.0898 e. The molecule has 1 aromatic carbocycles. The molecule has 5 heteroatoms. The molecule has 0 saturated carbocycles. The van der Waals surface area contributed by atoms with Crippen molar-refractivity contribution in [2.45, 2.75) is 26.4 Å². The maximum atomic E-state index is 5.89. The Morgan fingerprint density at radius 2 is 2.21 bits per heavy atom. The molecule has 0 fully saturated rings. The van der Waals surface area contributed by atoms with E-state index < -0.39 is 0 Å². The normalized spacial score (nSPS) is 12.5. The van der Waals surface area contributed by atoms with Crippen molar-refractivity contribution in [3.8, 4) is 0 Å². The van der Waals surface area contributed by atoms with E-state index in [1.807, 2.05) is 13.8 Å². The number of rotatable bonds is 4. The highest BCUT2D eigenvalue weighted by atomic mass is 79.9. The van der Waals surface area contributed by atoms with Crippen LogP contribution in [0.1, 0.15) is 29.2 Å². The van der Waals surface area contributed by atoms with Gasteiger partial charge < -0.3 is 10.6 Å². The molecule has 1 heterocycles. The highest BCUT2D eigenvalue weighted by Crippen LogP contribution is 2.29. The van der Waals surface area contributed by atoms with Crippen molar-refractivity contribution in [2.24, 2.45) is 5.73 Å². The summed E-state index contributed by atoms with van der Waals surface area (Å²) in [4.78, 5) is 6.68. The van der Waals surface area contributed by atoms with Gasteiger partial charge in [0.1, 0.15) is 0 Å². The quantitative estimate of drug-likeness (QED) is 0.919. The van der Waals surface area contributed by atoms with Crippen LogP contribution in [-0.4, -0.2) is 12.0 Å². The average Bonchev–Trinajstić information content (AvgIpc) is 2.74. The molecule has 2 aromatic rings. The molecule has 0 aliphatic heterocycles. The second kappa shape index (κ2) is 6.03.